The molecule has 0 spiro atoms. The van der Waals surface area contributed by atoms with Crippen LogP contribution in [0.4, 0.5) is 0 Å². The van der Waals surface area contributed by atoms with Gasteiger partial charge in [-0.05, 0) is 11.6 Å². The van der Waals surface area contributed by atoms with Crippen molar-refractivity contribution < 1.29 is 116 Å². The van der Waals surface area contributed by atoms with Crippen LogP contribution in [0.2, 0.25) is 0 Å². The van der Waals surface area contributed by atoms with Crippen molar-refractivity contribution in [2.45, 2.75) is 0 Å². The molecule has 1 rings (SSSR count). The van der Waals surface area contributed by atoms with Crippen LogP contribution < -0.4 is 103 Å². The summed E-state index contributed by atoms with van der Waals surface area (Å²) in [6, 6.07) is 9.31. The summed E-state index contributed by atoms with van der Waals surface area (Å²) < 4.78 is 0. The summed E-state index contributed by atoms with van der Waals surface area (Å²) in [6.07, 6.45) is 2.68. The molecule has 0 saturated carbocycles. The Kier molecular flexibility index (Phi) is 13.5. The third-order valence-corrected chi connectivity index (χ3v) is 1.22. The van der Waals surface area contributed by atoms with Crippen LogP contribution in [-0.4, -0.2) is 11.1 Å². The first-order valence-corrected chi connectivity index (χ1v) is 3.25. The van der Waals surface area contributed by atoms with E-state index in [-0.39, 0.29) is 106 Å². The smallest absolute Gasteiger partial charge is 1.00 e. The Labute approximate surface area is 166 Å². The van der Waals surface area contributed by atoms with Gasteiger partial charge in [0.15, 0.2) is 0 Å². The first-order chi connectivity index (χ1) is 5.29. The van der Waals surface area contributed by atoms with Crippen LogP contribution in [-0.2, 0) is 4.79 Å². The number of hydrogen-bond donors (Lipinski definition) is 1. The molecule has 0 aromatic heterocycles. The number of benzene rings is 1. The fraction of sp³-hybridized carbons (Fsp3) is 0. The molecule has 1 aromatic carbocycles. The Balaban J connectivity index is -0.000000151. The van der Waals surface area contributed by atoms with Gasteiger partial charge in [-0.3, -0.25) is 0 Å². The molecule has 0 aliphatic heterocycles. The summed E-state index contributed by atoms with van der Waals surface area (Å²) in [5.74, 6) is -0.922. The molecule has 0 amide bonds. The maximum Gasteiger partial charge on any atom is 1.00 e. The molecule has 0 aliphatic rings. The normalized spacial score (nSPS) is 8.62. The summed E-state index contributed by atoms with van der Waals surface area (Å²) in [4.78, 5) is 10.1. The zero-order valence-corrected chi connectivity index (χ0v) is 14.1. The zero-order valence-electron chi connectivity index (χ0n) is 9.90. The van der Waals surface area contributed by atoms with E-state index in [0.29, 0.717) is 0 Å². The Morgan fingerprint density at radius 3 is 2.23 bits per heavy atom. The van der Waals surface area contributed by atoms with Crippen molar-refractivity contribution >= 4 is 12.0 Å². The van der Waals surface area contributed by atoms with Crippen molar-refractivity contribution in [2.75, 3.05) is 0 Å². The van der Waals surface area contributed by atoms with Crippen molar-refractivity contribution in [1.29, 1.82) is 0 Å². The maximum atomic E-state index is 10.1. The molecule has 0 unspecified atom stereocenters. The second kappa shape index (κ2) is 10.2. The van der Waals surface area contributed by atoms with Gasteiger partial charge >= 0.3 is 109 Å². The quantitative estimate of drug-likeness (QED) is 0.414. The van der Waals surface area contributed by atoms with E-state index in [0.717, 1.165) is 11.6 Å². The van der Waals surface area contributed by atoms with E-state index in [9.17, 15) is 4.79 Å². The van der Waals surface area contributed by atoms with E-state index in [1.165, 1.54) is 0 Å². The average Bonchev–Trinajstić information content (AvgIpc) is 2.03. The summed E-state index contributed by atoms with van der Waals surface area (Å²) in [5.41, 5.74) is 0.898. The number of carbonyl (C=O) groups is 1. The van der Waals surface area contributed by atoms with E-state index in [1.54, 1.807) is 6.08 Å². The second-order valence-corrected chi connectivity index (χ2v) is 2.08. The van der Waals surface area contributed by atoms with Gasteiger partial charge in [-0.25, -0.2) is 4.79 Å². The predicted octanol–water partition coefficient (Wildman–Crippen LogP) is -3.98. The minimum Gasteiger partial charge on any atom is -1.00 e. The molecule has 60 valence electrons. The summed E-state index contributed by atoms with van der Waals surface area (Å²) >= 11 is 0. The third-order valence-electron chi connectivity index (χ3n) is 1.22. The number of carboxylic acid groups (broad SMARTS) is 1. The maximum absolute atomic E-state index is 10.1. The van der Waals surface area contributed by atoms with Crippen molar-refractivity contribution in [1.82, 2.24) is 0 Å². The van der Waals surface area contributed by atoms with E-state index < -0.39 is 5.97 Å². The molecular weight excluding hydrogens is 218 g/mol. The third kappa shape index (κ3) is 8.68. The van der Waals surface area contributed by atoms with Gasteiger partial charge in [0.25, 0.3) is 0 Å². The molecule has 0 aliphatic carbocycles. The van der Waals surface area contributed by atoms with Crippen LogP contribution in [0.15, 0.2) is 36.4 Å². The summed E-state index contributed by atoms with van der Waals surface area (Å²) in [5, 5.41) is 8.29. The number of hydrogen-bond acceptors (Lipinski definition) is 1. The van der Waals surface area contributed by atoms with Crippen molar-refractivity contribution in [3.05, 3.63) is 42.0 Å². The average molecular weight is 228 g/mol. The fourth-order valence-corrected chi connectivity index (χ4v) is 0.732. The molecule has 13 heavy (non-hydrogen) atoms. The molecule has 1 N–H and O–H groups in total. The second-order valence-electron chi connectivity index (χ2n) is 2.08. The van der Waals surface area contributed by atoms with Crippen LogP contribution in [0.3, 0.4) is 0 Å². The van der Waals surface area contributed by atoms with Crippen molar-refractivity contribution in [2.24, 2.45) is 0 Å². The minimum atomic E-state index is -0.922. The molecule has 0 radical (unpaired) electrons. The Morgan fingerprint density at radius 1 is 1.23 bits per heavy atom. The number of aliphatic carboxylic acids is 1. The van der Waals surface area contributed by atoms with Gasteiger partial charge in [0.2, 0.25) is 0 Å². The molecule has 0 fully saturated rings. The molecular formula is C9H10K2O2. The number of rotatable bonds is 2. The Morgan fingerprint density at radius 2 is 1.77 bits per heavy atom. The molecule has 0 atom stereocenters. The van der Waals surface area contributed by atoms with Crippen LogP contribution in [0.5, 0.6) is 0 Å². The first kappa shape index (κ1) is 17.1. The molecule has 0 saturated heterocycles. The molecule has 1 aromatic rings. The monoisotopic (exact) mass is 228 g/mol. The van der Waals surface area contributed by atoms with Crippen LogP contribution >= 0.6 is 0 Å². The van der Waals surface area contributed by atoms with Crippen LogP contribution in [0.1, 0.15) is 8.42 Å². The van der Waals surface area contributed by atoms with Gasteiger partial charge in [0.05, 0.1) is 0 Å². The predicted molar refractivity (Wildman–Crippen MR) is 45.3 cm³/mol. The molecule has 4 heteroatoms. The van der Waals surface area contributed by atoms with Gasteiger partial charge in [0.1, 0.15) is 0 Å². The Bertz CT molecular complexity index is 279. The summed E-state index contributed by atoms with van der Waals surface area (Å²) in [6.45, 7) is 0. The standard InChI is InChI=1S/C9H8O2.2K.2H/c10-9(11)7-6-8-4-2-1-3-5-8;;;;/h1-7H,(H,10,11);;;;/q;2*+1;2*-1/b7-6+;;;;. The van der Waals surface area contributed by atoms with Gasteiger partial charge < -0.3 is 7.96 Å². The zero-order chi connectivity index (χ0) is 8.10. The number of carboxylic acids is 1. The Hall–Kier alpha value is 1.70. The summed E-state index contributed by atoms with van der Waals surface area (Å²) in [7, 11) is 0. The van der Waals surface area contributed by atoms with Crippen LogP contribution in [0.25, 0.3) is 6.08 Å². The minimum absolute atomic E-state index is 0. The first-order valence-electron chi connectivity index (χ1n) is 3.25. The SMILES string of the molecule is O=C(O)/C=C/c1ccccc1.[H-].[H-].[K+].[K+]. The molecule has 0 heterocycles. The van der Waals surface area contributed by atoms with Gasteiger partial charge in [-0.2, -0.15) is 0 Å². The van der Waals surface area contributed by atoms with Crippen molar-refractivity contribution in [3.63, 3.8) is 0 Å². The van der Waals surface area contributed by atoms with Gasteiger partial charge in [0, 0.05) is 6.08 Å². The van der Waals surface area contributed by atoms with E-state index in [4.69, 9.17) is 5.11 Å². The largest absolute Gasteiger partial charge is 1.00 e. The fourth-order valence-electron chi connectivity index (χ4n) is 0.732. The van der Waals surface area contributed by atoms with Gasteiger partial charge in [-0.1, -0.05) is 30.3 Å². The topological polar surface area (TPSA) is 37.3 Å². The molecule has 0 bridgehead atoms. The van der Waals surface area contributed by atoms with E-state index >= 15 is 0 Å². The van der Waals surface area contributed by atoms with Crippen LogP contribution in [0, 0.1) is 0 Å². The van der Waals surface area contributed by atoms with Gasteiger partial charge in [-0.15, -0.1) is 0 Å². The van der Waals surface area contributed by atoms with Crippen molar-refractivity contribution in [3.8, 4) is 0 Å². The van der Waals surface area contributed by atoms with E-state index in [2.05, 4.69) is 0 Å². The molecule has 2 nitrogen and oxygen atoms in total. The van der Waals surface area contributed by atoms with E-state index in [1.807, 2.05) is 30.3 Å².